The van der Waals surface area contributed by atoms with Gasteiger partial charge in [-0.1, -0.05) is 118 Å². The lowest BCUT2D eigenvalue weighted by Crippen LogP contribution is -2.24. The summed E-state index contributed by atoms with van der Waals surface area (Å²) < 4.78 is 41.4. The van der Waals surface area contributed by atoms with Crippen LogP contribution < -0.4 is 20.9 Å². The Kier molecular flexibility index (Phi) is 14.2. The van der Waals surface area contributed by atoms with E-state index in [1.807, 2.05) is 78.9 Å². The van der Waals surface area contributed by atoms with Gasteiger partial charge >= 0.3 is 11.4 Å². The monoisotopic (exact) mass is 886 g/mol. The third-order valence-corrected chi connectivity index (χ3v) is 11.1. The largest absolute Gasteiger partial charge is 0.481 e. The third kappa shape index (κ3) is 10.6. The zero-order chi connectivity index (χ0) is 46.2. The number of halogens is 3. The maximum atomic E-state index is 13.7. The van der Waals surface area contributed by atoms with Gasteiger partial charge < -0.3 is 9.47 Å². The molecule has 8 aromatic rings. The van der Waals surface area contributed by atoms with Crippen LogP contribution in [0.1, 0.15) is 61.8 Å². The molecule has 0 radical (unpaired) electrons. The van der Waals surface area contributed by atoms with Crippen molar-refractivity contribution in [2.45, 2.75) is 52.6 Å². The Morgan fingerprint density at radius 2 is 1.00 bits per heavy atom. The highest BCUT2D eigenvalue weighted by Gasteiger charge is 2.17. The maximum absolute atomic E-state index is 13.7. The molecule has 0 aliphatic heterocycles. The van der Waals surface area contributed by atoms with E-state index < -0.39 is 17.3 Å². The van der Waals surface area contributed by atoms with Crippen molar-refractivity contribution in [3.8, 4) is 58.7 Å². The molecule has 11 heteroatoms. The van der Waals surface area contributed by atoms with Crippen LogP contribution in [0.2, 0.25) is 5.02 Å². The summed E-state index contributed by atoms with van der Waals surface area (Å²) in [5.41, 5.74) is 7.17. The van der Waals surface area contributed by atoms with Crippen molar-refractivity contribution in [2.24, 2.45) is 0 Å². The van der Waals surface area contributed by atoms with E-state index in [1.165, 1.54) is 21.8 Å². The van der Waals surface area contributed by atoms with E-state index in [2.05, 4.69) is 61.6 Å². The number of hydrogen-bond acceptors (Lipinski definition) is 6. The summed E-state index contributed by atoms with van der Waals surface area (Å²) in [6.45, 7) is 9.21. The molecule has 0 aliphatic carbocycles. The molecule has 65 heavy (non-hydrogen) atoms. The number of aromatic nitrogens is 4. The van der Waals surface area contributed by atoms with Crippen molar-refractivity contribution in [2.75, 3.05) is 13.2 Å². The molecule has 0 aliphatic rings. The first-order chi connectivity index (χ1) is 31.3. The summed E-state index contributed by atoms with van der Waals surface area (Å²) in [5.74, 6) is 4.97. The van der Waals surface area contributed by atoms with E-state index in [9.17, 15) is 18.4 Å². The summed E-state index contributed by atoms with van der Waals surface area (Å²) in [6.07, 6.45) is 10.7. The summed E-state index contributed by atoms with van der Waals surface area (Å²) in [7, 11) is 0. The van der Waals surface area contributed by atoms with Crippen molar-refractivity contribution in [3.63, 3.8) is 0 Å². The second kappa shape index (κ2) is 20.3. The van der Waals surface area contributed by atoms with Gasteiger partial charge in [0.15, 0.2) is 11.6 Å². The predicted molar refractivity (Wildman–Crippen MR) is 256 cm³/mol. The number of fused-ring (bicyclic) bond motifs is 2. The van der Waals surface area contributed by atoms with Gasteiger partial charge in [0.1, 0.15) is 24.7 Å². The first-order valence-electron chi connectivity index (χ1n) is 20.9. The second-order valence-corrected chi connectivity index (χ2v) is 16.4. The number of ether oxygens (including phenoxy) is 2. The van der Waals surface area contributed by atoms with Crippen LogP contribution in [0, 0.1) is 36.3 Å². The molecule has 0 spiro atoms. The first kappa shape index (κ1) is 45.5. The highest BCUT2D eigenvalue weighted by molar-refractivity contribution is 6.30. The molecule has 8 rings (SSSR count). The zero-order valence-corrected chi connectivity index (χ0v) is 37.1. The minimum absolute atomic E-state index is 0.0384. The van der Waals surface area contributed by atoms with Crippen LogP contribution in [0.5, 0.6) is 11.5 Å². The maximum Gasteiger partial charge on any atom is 0.348 e. The van der Waals surface area contributed by atoms with E-state index in [1.54, 1.807) is 22.8 Å². The van der Waals surface area contributed by atoms with Crippen LogP contribution in [0.15, 0.2) is 137 Å². The third-order valence-electron chi connectivity index (χ3n) is 10.8. The molecule has 6 aromatic carbocycles. The standard InChI is InChI=1S/C27H23ClN2O2.C27H22F2N2O2/c1-4-15-32-23-13-14-25-24(16-23)26(21-9-7-20(8-10-21)18(2)3)29-27(31)30(25)17-19-5-11-22(28)12-6-19;1-4-13-33-21-10-12-25-22(15-21)26(20-8-6-19(7-9-20)17(2)3)30-27(32)31(25)16-18-5-11-23(28)24(29)14-18/h1,5-14,16,18H,15,17H2,2-3H3;1,5-12,14-15,17H,13,16H2,2-3H3. The predicted octanol–water partition coefficient (Wildman–Crippen LogP) is 11.4. The fraction of sp³-hybridized carbons (Fsp3) is 0.185. The SMILES string of the molecule is C#CCOc1ccc2c(c1)c(-c1ccc(C(C)C)cc1)nc(=O)n2Cc1ccc(Cl)cc1.C#CCOc1ccc2c(c1)c(-c1ccc(C(C)C)cc1)nc(=O)n2Cc1ccc(F)c(F)c1. The van der Waals surface area contributed by atoms with Gasteiger partial charge in [0.25, 0.3) is 0 Å². The van der Waals surface area contributed by atoms with Gasteiger partial charge in [-0.05, 0) is 94.8 Å². The Bertz CT molecular complexity index is 3200. The van der Waals surface area contributed by atoms with Crippen molar-refractivity contribution >= 4 is 33.4 Å². The molecular weight excluding hydrogens is 842 g/mol. The highest BCUT2D eigenvalue weighted by Crippen LogP contribution is 2.32. The summed E-state index contributed by atoms with van der Waals surface area (Å²) >= 11 is 6.01. The molecule has 0 bridgehead atoms. The number of rotatable bonds is 12. The van der Waals surface area contributed by atoms with E-state index in [0.29, 0.717) is 62.8 Å². The molecule has 0 unspecified atom stereocenters. The van der Waals surface area contributed by atoms with Crippen LogP contribution in [0.25, 0.3) is 44.3 Å². The Balaban J connectivity index is 0.000000194. The van der Waals surface area contributed by atoms with E-state index in [4.69, 9.17) is 33.9 Å². The minimum atomic E-state index is -0.968. The summed E-state index contributed by atoms with van der Waals surface area (Å²) in [5, 5.41) is 2.16. The van der Waals surface area contributed by atoms with Gasteiger partial charge in [0.2, 0.25) is 0 Å². The van der Waals surface area contributed by atoms with Gasteiger partial charge in [-0.15, -0.1) is 12.8 Å². The van der Waals surface area contributed by atoms with Crippen LogP contribution in [0.3, 0.4) is 0 Å². The van der Waals surface area contributed by atoms with Crippen LogP contribution in [0.4, 0.5) is 8.78 Å². The van der Waals surface area contributed by atoms with Gasteiger partial charge in [-0.3, -0.25) is 9.13 Å². The van der Waals surface area contributed by atoms with E-state index in [-0.39, 0.29) is 25.4 Å². The topological polar surface area (TPSA) is 88.2 Å². The Hall–Kier alpha value is -7.53. The molecule has 0 atom stereocenters. The lowest BCUT2D eigenvalue weighted by atomic mass is 9.99. The quantitative estimate of drug-likeness (QED) is 0.114. The average Bonchev–Trinajstić information content (AvgIpc) is 3.31. The van der Waals surface area contributed by atoms with E-state index >= 15 is 0 Å². The molecule has 2 heterocycles. The molecule has 2 aromatic heterocycles. The zero-order valence-electron chi connectivity index (χ0n) is 36.3. The van der Waals surface area contributed by atoms with Crippen molar-refractivity contribution in [1.29, 1.82) is 0 Å². The number of nitrogens with zero attached hydrogens (tertiary/aromatic N) is 4. The fourth-order valence-electron chi connectivity index (χ4n) is 7.34. The molecule has 0 saturated carbocycles. The molecule has 0 fully saturated rings. The first-order valence-corrected chi connectivity index (χ1v) is 21.3. The summed E-state index contributed by atoms with van der Waals surface area (Å²) in [4.78, 5) is 35.0. The fourth-order valence-corrected chi connectivity index (χ4v) is 7.46. The molecule has 8 nitrogen and oxygen atoms in total. The molecular formula is C54H45ClF2N4O4. The minimum Gasteiger partial charge on any atom is -0.481 e. The van der Waals surface area contributed by atoms with Gasteiger partial charge in [-0.25, -0.2) is 18.4 Å². The second-order valence-electron chi connectivity index (χ2n) is 15.9. The Morgan fingerprint density at radius 3 is 1.42 bits per heavy atom. The number of terminal acetylenes is 2. The van der Waals surface area contributed by atoms with Crippen molar-refractivity contribution in [1.82, 2.24) is 19.1 Å². The van der Waals surface area contributed by atoms with Gasteiger partial charge in [-0.2, -0.15) is 9.97 Å². The van der Waals surface area contributed by atoms with Gasteiger partial charge in [0, 0.05) is 26.9 Å². The number of hydrogen-bond donors (Lipinski definition) is 0. The van der Waals surface area contributed by atoms with Crippen LogP contribution in [-0.2, 0) is 13.1 Å². The average molecular weight is 887 g/mol. The molecule has 0 amide bonds. The Morgan fingerprint density at radius 1 is 0.569 bits per heavy atom. The van der Waals surface area contributed by atoms with Crippen molar-refractivity contribution < 1.29 is 18.3 Å². The molecule has 0 N–H and O–H groups in total. The molecule has 0 saturated heterocycles. The highest BCUT2D eigenvalue weighted by atomic mass is 35.5. The lowest BCUT2D eigenvalue weighted by Gasteiger charge is -2.15. The van der Waals surface area contributed by atoms with Crippen LogP contribution in [-0.4, -0.2) is 32.3 Å². The summed E-state index contributed by atoms with van der Waals surface area (Å²) in [6, 6.07) is 37.9. The van der Waals surface area contributed by atoms with Gasteiger partial charge in [0.05, 0.1) is 35.5 Å². The lowest BCUT2D eigenvalue weighted by molar-refractivity contribution is 0.371. The molecule has 326 valence electrons. The normalized spacial score (nSPS) is 11.0. The number of benzene rings is 6. The smallest absolute Gasteiger partial charge is 0.348 e. The van der Waals surface area contributed by atoms with Crippen LogP contribution >= 0.6 is 11.6 Å². The van der Waals surface area contributed by atoms with Crippen molar-refractivity contribution in [3.05, 3.63) is 187 Å². The van der Waals surface area contributed by atoms with E-state index in [0.717, 1.165) is 39.7 Å². The Labute approximate surface area is 381 Å².